The molecule has 0 unspecified atom stereocenters. The Bertz CT molecular complexity index is 1400. The maximum absolute atomic E-state index is 14.8. The molecule has 0 N–H and O–H groups in total. The summed E-state index contributed by atoms with van der Waals surface area (Å²) in [6.07, 6.45) is -7.34. The molecule has 0 aromatic heterocycles. The first-order valence-electron chi connectivity index (χ1n) is 12.8. The third-order valence-electron chi connectivity index (χ3n) is 7.23. The Morgan fingerprint density at radius 3 is 1.73 bits per heavy atom. The van der Waals surface area contributed by atoms with Crippen LogP contribution in [0.15, 0.2) is 60.4 Å². The summed E-state index contributed by atoms with van der Waals surface area (Å²) in [6.45, 7) is 1.51. The third-order valence-corrected chi connectivity index (χ3v) is 7.23. The Kier molecular flexibility index (Phi) is 8.75. The molecule has 0 amide bonds. The molecule has 0 atom stereocenters. The molecule has 0 radical (unpaired) electrons. The van der Waals surface area contributed by atoms with Gasteiger partial charge in [0, 0.05) is 17.7 Å². The van der Waals surface area contributed by atoms with Crippen molar-refractivity contribution in [2.24, 2.45) is 0 Å². The van der Waals surface area contributed by atoms with Crippen molar-refractivity contribution in [2.75, 3.05) is 0 Å². The number of hydrogen-bond acceptors (Lipinski definition) is 1. The van der Waals surface area contributed by atoms with E-state index in [9.17, 15) is 43.9 Å². The molecule has 0 saturated heterocycles. The fourth-order valence-electron chi connectivity index (χ4n) is 5.08. The average molecular weight is 591 g/mol. The topological polar surface area (TPSA) is 9.23 Å². The minimum Gasteiger partial charge on any atom is -0.429 e. The van der Waals surface area contributed by atoms with Crippen molar-refractivity contribution in [3.8, 4) is 5.75 Å². The predicted molar refractivity (Wildman–Crippen MR) is 132 cm³/mol. The van der Waals surface area contributed by atoms with Crippen molar-refractivity contribution in [1.29, 1.82) is 0 Å². The molecule has 0 spiro atoms. The molecule has 41 heavy (non-hydrogen) atoms. The van der Waals surface area contributed by atoms with E-state index in [0.717, 1.165) is 17.7 Å². The molecule has 0 aliphatic heterocycles. The monoisotopic (exact) mass is 590 g/mol. The molecule has 3 aromatic carbocycles. The molecule has 0 heterocycles. The Hall–Kier alpha value is -3.50. The van der Waals surface area contributed by atoms with Crippen molar-refractivity contribution < 1.29 is 48.6 Å². The number of allylic oxidation sites excluding steroid dienone is 1. The van der Waals surface area contributed by atoms with Gasteiger partial charge in [0.1, 0.15) is 34.6 Å². The normalized spacial score (nSPS) is 18.7. The van der Waals surface area contributed by atoms with Crippen LogP contribution in [0.3, 0.4) is 0 Å². The zero-order valence-corrected chi connectivity index (χ0v) is 21.6. The minimum absolute atomic E-state index is 0.0469. The molecule has 1 aliphatic carbocycles. The van der Waals surface area contributed by atoms with Gasteiger partial charge in [-0.15, -0.1) is 0 Å². The summed E-state index contributed by atoms with van der Waals surface area (Å²) in [4.78, 5) is 0. The summed E-state index contributed by atoms with van der Waals surface area (Å²) >= 11 is 0. The van der Waals surface area contributed by atoms with Gasteiger partial charge in [-0.2, -0.15) is 22.0 Å². The van der Waals surface area contributed by atoms with Gasteiger partial charge in [0.2, 0.25) is 0 Å². The molecule has 1 fully saturated rings. The van der Waals surface area contributed by atoms with Gasteiger partial charge in [-0.3, -0.25) is 0 Å². The smallest absolute Gasteiger partial charge is 0.429 e. The number of hydrogen-bond donors (Lipinski definition) is 0. The van der Waals surface area contributed by atoms with Crippen LogP contribution >= 0.6 is 0 Å². The highest BCUT2D eigenvalue weighted by atomic mass is 19.4. The second-order valence-electron chi connectivity index (χ2n) is 9.86. The molecule has 1 saturated carbocycles. The maximum Gasteiger partial charge on any atom is 0.429 e. The van der Waals surface area contributed by atoms with E-state index in [-0.39, 0.29) is 36.0 Å². The van der Waals surface area contributed by atoms with Crippen LogP contribution in [-0.4, -0.2) is 0 Å². The highest BCUT2D eigenvalue weighted by Crippen LogP contribution is 2.43. The molecule has 220 valence electrons. The van der Waals surface area contributed by atoms with E-state index in [2.05, 4.69) is 4.74 Å². The highest BCUT2D eigenvalue weighted by Gasteiger charge is 2.41. The van der Waals surface area contributed by atoms with Crippen LogP contribution in [-0.2, 0) is 12.3 Å². The maximum atomic E-state index is 14.8. The van der Waals surface area contributed by atoms with Gasteiger partial charge in [-0.25, -0.2) is 22.0 Å². The Morgan fingerprint density at radius 2 is 1.24 bits per heavy atom. The lowest BCUT2D eigenvalue weighted by atomic mass is 9.76. The van der Waals surface area contributed by atoms with Crippen LogP contribution < -0.4 is 4.74 Å². The largest absolute Gasteiger partial charge is 0.429 e. The lowest BCUT2D eigenvalue weighted by molar-refractivity contribution is -0.187. The number of ether oxygens (including phenoxy) is 1. The quantitative estimate of drug-likeness (QED) is 0.249. The second kappa shape index (κ2) is 11.8. The van der Waals surface area contributed by atoms with Crippen LogP contribution in [0.25, 0.3) is 5.83 Å². The summed E-state index contributed by atoms with van der Waals surface area (Å²) in [5.41, 5.74) is -1.98. The third kappa shape index (κ3) is 6.70. The van der Waals surface area contributed by atoms with Gasteiger partial charge in [0.25, 0.3) is 0 Å². The van der Waals surface area contributed by atoms with Crippen molar-refractivity contribution in [3.05, 3.63) is 106 Å². The van der Waals surface area contributed by atoms with Crippen molar-refractivity contribution >= 4 is 5.83 Å². The van der Waals surface area contributed by atoms with E-state index in [4.69, 9.17) is 0 Å². The summed E-state index contributed by atoms with van der Waals surface area (Å²) in [6, 6.07) is 9.35. The summed E-state index contributed by atoms with van der Waals surface area (Å²) in [7, 11) is 0. The van der Waals surface area contributed by atoms with Crippen LogP contribution in [0.2, 0.25) is 0 Å². The first-order valence-corrected chi connectivity index (χ1v) is 12.8. The van der Waals surface area contributed by atoms with Gasteiger partial charge in [0.15, 0.2) is 5.83 Å². The number of halogens is 10. The fourth-order valence-corrected chi connectivity index (χ4v) is 5.08. The SMILES string of the molecule is CC/C(F)=C(\F)c1ccc(C2CCC(c3ccc(C(F)(F)Oc4cc(F)c(C(F)(F)F)c(F)c4)c(F)c3)CC2)cc1. The molecule has 1 aliphatic rings. The van der Waals surface area contributed by atoms with Gasteiger partial charge < -0.3 is 4.74 Å². The fraction of sp³-hybridized carbons (Fsp3) is 0.333. The van der Waals surface area contributed by atoms with E-state index in [1.54, 1.807) is 12.1 Å². The zero-order valence-electron chi connectivity index (χ0n) is 21.6. The van der Waals surface area contributed by atoms with Crippen LogP contribution in [0.5, 0.6) is 5.75 Å². The molecular weight excluding hydrogens is 566 g/mol. The van der Waals surface area contributed by atoms with Crippen LogP contribution in [0.1, 0.15) is 78.7 Å². The molecule has 4 rings (SSSR count). The summed E-state index contributed by atoms with van der Waals surface area (Å²) in [5, 5.41) is 0. The standard InChI is InChI=1S/C30H24F10O/c1-2-23(31)28(35)19-9-7-17(8-10-19)16-3-5-18(6-4-16)20-11-12-22(24(32)13-20)30(39,40)41-21-14-25(33)27(26(34)15-21)29(36,37)38/h7-16,18H,2-6H2,1H3/b28-23+. The highest BCUT2D eigenvalue weighted by molar-refractivity contribution is 5.61. The van der Waals surface area contributed by atoms with E-state index >= 15 is 0 Å². The van der Waals surface area contributed by atoms with Gasteiger partial charge in [-0.05, 0) is 67.2 Å². The lowest BCUT2D eigenvalue weighted by Crippen LogP contribution is -2.24. The Labute approximate surface area is 229 Å². The minimum atomic E-state index is -5.40. The molecule has 3 aromatic rings. The molecule has 11 heteroatoms. The van der Waals surface area contributed by atoms with E-state index in [1.165, 1.54) is 25.1 Å². The van der Waals surface area contributed by atoms with E-state index in [1.807, 2.05) is 0 Å². The zero-order chi connectivity index (χ0) is 30.1. The van der Waals surface area contributed by atoms with Crippen LogP contribution in [0, 0.1) is 17.5 Å². The van der Waals surface area contributed by atoms with Gasteiger partial charge in [-0.1, -0.05) is 37.3 Å². The van der Waals surface area contributed by atoms with Crippen LogP contribution in [0.4, 0.5) is 43.9 Å². The Balaban J connectivity index is 1.43. The number of benzene rings is 3. The first-order chi connectivity index (χ1) is 19.2. The summed E-state index contributed by atoms with van der Waals surface area (Å²) in [5.74, 6) is -8.67. The predicted octanol–water partition coefficient (Wildman–Crippen LogP) is 10.7. The van der Waals surface area contributed by atoms with Gasteiger partial charge in [0.05, 0.1) is 5.56 Å². The van der Waals surface area contributed by atoms with Crippen molar-refractivity contribution in [3.63, 3.8) is 0 Å². The number of rotatable bonds is 7. The Morgan fingerprint density at radius 1 is 0.732 bits per heavy atom. The van der Waals surface area contributed by atoms with E-state index < -0.39 is 58.3 Å². The summed E-state index contributed by atoms with van der Waals surface area (Å²) < 4.78 is 142. The average Bonchev–Trinajstić information content (AvgIpc) is 2.90. The van der Waals surface area contributed by atoms with Crippen molar-refractivity contribution in [2.45, 2.75) is 63.1 Å². The first kappa shape index (κ1) is 30.5. The molecular formula is C30H24F10O. The van der Waals surface area contributed by atoms with Gasteiger partial charge >= 0.3 is 12.3 Å². The molecule has 1 nitrogen and oxygen atoms in total. The second-order valence-corrected chi connectivity index (χ2v) is 9.86. The van der Waals surface area contributed by atoms with Crippen molar-refractivity contribution in [1.82, 2.24) is 0 Å². The van der Waals surface area contributed by atoms with E-state index in [0.29, 0.717) is 31.2 Å². The number of alkyl halides is 5. The molecule has 0 bridgehead atoms. The lowest BCUT2D eigenvalue weighted by Gasteiger charge is -2.29.